The Kier molecular flexibility index (Phi) is 5.97. The lowest BCUT2D eigenvalue weighted by Gasteiger charge is -2.21. The van der Waals surface area contributed by atoms with Gasteiger partial charge >= 0.3 is 5.97 Å². The van der Waals surface area contributed by atoms with Crippen LogP contribution in [-0.2, 0) is 4.79 Å². The number of carboxylic acids is 1. The molecule has 1 aliphatic rings. The molecule has 24 heavy (non-hydrogen) atoms. The highest BCUT2D eigenvalue weighted by atomic mass is 79.9. The third-order valence-electron chi connectivity index (χ3n) is 4.44. The van der Waals surface area contributed by atoms with E-state index in [1.807, 2.05) is 19.2 Å². The molecule has 0 radical (unpaired) electrons. The Morgan fingerprint density at radius 3 is 2.62 bits per heavy atom. The van der Waals surface area contributed by atoms with Crippen molar-refractivity contribution in [2.45, 2.75) is 37.9 Å². The molecule has 1 amide bonds. The second-order valence-corrected chi connectivity index (χ2v) is 7.14. The summed E-state index contributed by atoms with van der Waals surface area (Å²) >= 11 is 3.45. The summed E-state index contributed by atoms with van der Waals surface area (Å²) in [5, 5.41) is 13.4. The van der Waals surface area contributed by atoms with Crippen molar-refractivity contribution < 1.29 is 14.7 Å². The molecule has 2 rings (SSSR count). The number of carbonyl (C=O) groups is 2. The van der Waals surface area contributed by atoms with Gasteiger partial charge in [0.25, 0.3) is 5.91 Å². The highest BCUT2D eigenvalue weighted by Crippen LogP contribution is 2.33. The zero-order chi connectivity index (χ0) is 18.0. The Hall–Kier alpha value is -1.48. The number of amides is 1. The minimum absolute atomic E-state index is 0.115. The third-order valence-corrected chi connectivity index (χ3v) is 4.90. The van der Waals surface area contributed by atoms with Crippen LogP contribution in [0.15, 0.2) is 22.7 Å². The summed E-state index contributed by atoms with van der Waals surface area (Å²) in [4.78, 5) is 23.1. The number of rotatable bonds is 5. The number of carboxylic acid groups (broad SMARTS) is 1. The van der Waals surface area contributed by atoms with Gasteiger partial charge in [-0.1, -0.05) is 15.9 Å². The van der Waals surface area contributed by atoms with E-state index in [2.05, 4.69) is 45.5 Å². The predicted molar refractivity (Wildman–Crippen MR) is 94.7 cm³/mol. The maximum Gasteiger partial charge on any atom is 0.322 e. The first kappa shape index (κ1) is 18.9. The van der Waals surface area contributed by atoms with Crippen LogP contribution in [0.2, 0.25) is 0 Å². The Morgan fingerprint density at radius 2 is 2.08 bits per heavy atom. The number of carbonyl (C=O) groups excluding carboxylic acids is 1. The second-order valence-electron chi connectivity index (χ2n) is 6.22. The predicted octanol–water partition coefficient (Wildman–Crippen LogP) is 0.901. The van der Waals surface area contributed by atoms with Gasteiger partial charge in [0.1, 0.15) is 6.04 Å². The molecular weight excluding hydrogens is 376 g/mol. The molecule has 1 saturated heterocycles. The van der Waals surface area contributed by atoms with E-state index >= 15 is 0 Å². The second kappa shape index (κ2) is 7.60. The number of nitrogens with one attached hydrogen (secondary N) is 2. The lowest BCUT2D eigenvalue weighted by atomic mass is 9.87. The molecule has 0 aliphatic carbocycles. The fourth-order valence-electron chi connectivity index (χ4n) is 3.07. The van der Waals surface area contributed by atoms with Crippen LogP contribution in [0.25, 0.3) is 0 Å². The molecule has 3 unspecified atom stereocenters. The molecule has 0 spiro atoms. The zero-order valence-corrected chi connectivity index (χ0v) is 15.5. The number of hydrogen-bond acceptors (Lipinski definition) is 5. The summed E-state index contributed by atoms with van der Waals surface area (Å²) in [5.74, 6) is -1.25. The number of nitrogens with zero attached hydrogens (tertiary/aromatic N) is 1. The smallest absolute Gasteiger partial charge is 0.322 e. The first-order valence-corrected chi connectivity index (χ1v) is 8.56. The molecule has 0 bridgehead atoms. The van der Waals surface area contributed by atoms with Crippen LogP contribution in [0, 0.1) is 0 Å². The quantitative estimate of drug-likeness (QED) is 0.586. The minimum atomic E-state index is -1.15. The average molecular weight is 399 g/mol. The molecule has 1 aromatic carbocycles. The van der Waals surface area contributed by atoms with E-state index in [1.54, 1.807) is 6.07 Å². The van der Waals surface area contributed by atoms with E-state index in [-0.39, 0.29) is 30.5 Å². The van der Waals surface area contributed by atoms with Crippen LogP contribution in [-0.4, -0.2) is 53.7 Å². The fraction of sp³-hybridized carbons (Fsp3) is 0.500. The Labute approximate surface area is 149 Å². The molecule has 1 heterocycles. The molecule has 8 heteroatoms. The first-order chi connectivity index (χ1) is 11.2. The first-order valence-electron chi connectivity index (χ1n) is 7.76. The van der Waals surface area contributed by atoms with Gasteiger partial charge < -0.3 is 16.2 Å². The Bertz CT molecular complexity index is 640. The molecule has 4 atom stereocenters. The van der Waals surface area contributed by atoms with Gasteiger partial charge in [0.15, 0.2) is 0 Å². The van der Waals surface area contributed by atoms with E-state index in [4.69, 9.17) is 10.8 Å². The topological polar surface area (TPSA) is 108 Å². The average Bonchev–Trinajstić information content (AvgIpc) is 2.76. The maximum atomic E-state index is 12.3. The molecule has 1 aliphatic heterocycles. The van der Waals surface area contributed by atoms with Gasteiger partial charge in [0, 0.05) is 41.6 Å². The summed E-state index contributed by atoms with van der Waals surface area (Å²) in [5.41, 5.74) is 10.3. The molecular formula is C16H23BrN4O3. The van der Waals surface area contributed by atoms with Crippen molar-refractivity contribution in [2.75, 3.05) is 13.6 Å². The van der Waals surface area contributed by atoms with Crippen molar-refractivity contribution in [3.63, 3.8) is 0 Å². The molecule has 1 fully saturated rings. The van der Waals surface area contributed by atoms with Crippen molar-refractivity contribution in [2.24, 2.45) is 5.73 Å². The number of likely N-dealkylation sites (N-methyl/N-ethyl adjacent to an activating group) is 1. The number of benzene rings is 1. The van der Waals surface area contributed by atoms with E-state index in [9.17, 15) is 9.59 Å². The number of nitrogens with two attached hydrogens (primary N) is 1. The van der Waals surface area contributed by atoms with Crippen molar-refractivity contribution in [1.29, 1.82) is 0 Å². The summed E-state index contributed by atoms with van der Waals surface area (Å²) in [6.07, 6.45) is 0. The monoisotopic (exact) mass is 398 g/mol. The number of hydrogen-bond donors (Lipinski definition) is 4. The van der Waals surface area contributed by atoms with E-state index in [0.29, 0.717) is 5.56 Å². The molecule has 132 valence electrons. The van der Waals surface area contributed by atoms with Gasteiger partial charge in [-0.25, -0.2) is 5.01 Å². The molecule has 0 aromatic heterocycles. The van der Waals surface area contributed by atoms with Crippen molar-refractivity contribution >= 4 is 27.8 Å². The van der Waals surface area contributed by atoms with Gasteiger partial charge in [-0.05, 0) is 37.6 Å². The van der Waals surface area contributed by atoms with Crippen LogP contribution in [0.5, 0.6) is 0 Å². The lowest BCUT2D eigenvalue weighted by Crippen LogP contribution is -2.42. The van der Waals surface area contributed by atoms with Crippen LogP contribution in [0.3, 0.4) is 0 Å². The largest absolute Gasteiger partial charge is 0.480 e. The van der Waals surface area contributed by atoms with Crippen molar-refractivity contribution in [3.05, 3.63) is 33.8 Å². The van der Waals surface area contributed by atoms with E-state index in [0.717, 1.165) is 10.0 Å². The summed E-state index contributed by atoms with van der Waals surface area (Å²) < 4.78 is 0.807. The fourth-order valence-corrected chi connectivity index (χ4v) is 3.58. The number of hydrazine groups is 1. The number of aliphatic carboxylic acids is 1. The highest BCUT2D eigenvalue weighted by molar-refractivity contribution is 9.10. The van der Waals surface area contributed by atoms with Crippen LogP contribution in [0.1, 0.15) is 35.7 Å². The van der Waals surface area contributed by atoms with Crippen LogP contribution in [0.4, 0.5) is 0 Å². The zero-order valence-electron chi connectivity index (χ0n) is 13.9. The van der Waals surface area contributed by atoms with Crippen LogP contribution >= 0.6 is 15.9 Å². The van der Waals surface area contributed by atoms with Gasteiger partial charge in [-0.3, -0.25) is 15.0 Å². The van der Waals surface area contributed by atoms with E-state index in [1.165, 1.54) is 0 Å². The maximum absolute atomic E-state index is 12.3. The highest BCUT2D eigenvalue weighted by Gasteiger charge is 2.35. The summed E-state index contributed by atoms with van der Waals surface area (Å²) in [6.45, 7) is 4.13. The van der Waals surface area contributed by atoms with Gasteiger partial charge in [-0.2, -0.15) is 0 Å². The molecule has 1 aromatic rings. The standard InChI is InChI=1S/C16H23BrN4O3/c1-8-14(9(2)21(3)20-8)10-4-11(6-12(17)5-10)15(22)19-7-13(18)16(23)24/h4-6,8-9,13-14,20H,7,18H2,1-3H3,(H,19,22)(H,23,24)/t8?,9?,13-,14?/m1/s1. The normalized spacial score (nSPS) is 25.5. The van der Waals surface area contributed by atoms with Crippen LogP contribution < -0.4 is 16.5 Å². The molecule has 5 N–H and O–H groups in total. The summed E-state index contributed by atoms with van der Waals surface area (Å²) in [7, 11) is 2.00. The third kappa shape index (κ3) is 4.13. The molecule has 7 nitrogen and oxygen atoms in total. The van der Waals surface area contributed by atoms with E-state index < -0.39 is 12.0 Å². The van der Waals surface area contributed by atoms with Gasteiger partial charge in [-0.15, -0.1) is 0 Å². The van der Waals surface area contributed by atoms with Crippen molar-refractivity contribution in [1.82, 2.24) is 15.8 Å². The van der Waals surface area contributed by atoms with Crippen molar-refractivity contribution in [3.8, 4) is 0 Å². The lowest BCUT2D eigenvalue weighted by molar-refractivity contribution is -0.138. The number of halogens is 1. The van der Waals surface area contributed by atoms with Gasteiger partial charge in [0.2, 0.25) is 0 Å². The molecule has 0 saturated carbocycles. The Morgan fingerprint density at radius 1 is 1.42 bits per heavy atom. The SMILES string of the molecule is CC1NN(C)C(C)C1c1cc(Br)cc(C(=O)NC[C@@H](N)C(=O)O)c1. The Balaban J connectivity index is 2.19. The summed E-state index contributed by atoms with van der Waals surface area (Å²) in [6, 6.07) is 4.99. The minimum Gasteiger partial charge on any atom is -0.480 e. The van der Waals surface area contributed by atoms with Gasteiger partial charge in [0.05, 0.1) is 0 Å².